The topological polar surface area (TPSA) is 47.9 Å². The van der Waals surface area contributed by atoms with Crippen molar-refractivity contribution in [2.75, 3.05) is 26.7 Å². The molecule has 0 saturated carbocycles. The highest BCUT2D eigenvalue weighted by molar-refractivity contribution is 14.0. The number of hydrogen-bond acceptors (Lipinski definition) is 2. The van der Waals surface area contributed by atoms with E-state index in [1.165, 1.54) is 23.1 Å². The van der Waals surface area contributed by atoms with Crippen LogP contribution in [-0.2, 0) is 24.3 Å². The molecule has 31 heavy (non-hydrogen) atoms. The Bertz CT molecular complexity index is 869. The minimum atomic E-state index is 0. The van der Waals surface area contributed by atoms with Crippen LogP contribution in [0.2, 0.25) is 0 Å². The monoisotopic (exact) mass is 532 g/mol. The van der Waals surface area contributed by atoms with Crippen LogP contribution < -0.4 is 5.32 Å². The smallest absolute Gasteiger partial charge is 0.222 e. The summed E-state index contributed by atoms with van der Waals surface area (Å²) in [6, 6.07) is 19.3. The second-order valence-corrected chi connectivity index (χ2v) is 8.43. The Kier molecular flexibility index (Phi) is 8.75. The van der Waals surface area contributed by atoms with Crippen molar-refractivity contribution in [1.29, 1.82) is 0 Å². The van der Waals surface area contributed by atoms with Gasteiger partial charge in [0.2, 0.25) is 5.91 Å². The molecular weight excluding hydrogens is 499 g/mol. The summed E-state index contributed by atoms with van der Waals surface area (Å²) in [4.78, 5) is 20.6. The Balaban J connectivity index is 0.00000272. The van der Waals surface area contributed by atoms with Gasteiger partial charge in [0.25, 0.3) is 0 Å². The largest absolute Gasteiger partial charge is 0.352 e. The van der Waals surface area contributed by atoms with Crippen molar-refractivity contribution < 1.29 is 4.79 Å². The predicted octanol–water partition coefficient (Wildman–Crippen LogP) is 4.07. The van der Waals surface area contributed by atoms with E-state index in [1.807, 2.05) is 11.9 Å². The summed E-state index contributed by atoms with van der Waals surface area (Å²) in [5.41, 5.74) is 3.84. The summed E-state index contributed by atoms with van der Waals surface area (Å²) in [7, 11) is 1.86. The van der Waals surface area contributed by atoms with Gasteiger partial charge in [-0.2, -0.15) is 0 Å². The first kappa shape index (κ1) is 23.6. The van der Waals surface area contributed by atoms with Crippen LogP contribution >= 0.6 is 24.0 Å². The number of halogens is 1. The lowest BCUT2D eigenvalue weighted by Crippen LogP contribution is -2.39. The average Bonchev–Trinajstić information content (AvgIpc) is 3.40. The molecule has 1 N–H and O–H groups in total. The zero-order valence-corrected chi connectivity index (χ0v) is 20.6. The van der Waals surface area contributed by atoms with E-state index < -0.39 is 0 Å². The van der Waals surface area contributed by atoms with Crippen LogP contribution in [0.1, 0.15) is 36.0 Å². The minimum Gasteiger partial charge on any atom is -0.352 e. The summed E-state index contributed by atoms with van der Waals surface area (Å²) < 4.78 is 0. The van der Waals surface area contributed by atoms with Crippen molar-refractivity contribution in [3.8, 4) is 0 Å². The Morgan fingerprint density at radius 2 is 1.77 bits per heavy atom. The normalized spacial score (nSPS) is 18.9. The van der Waals surface area contributed by atoms with E-state index in [1.54, 1.807) is 0 Å². The fraction of sp³-hybridized carbons (Fsp3) is 0.440. The fourth-order valence-electron chi connectivity index (χ4n) is 4.51. The van der Waals surface area contributed by atoms with Gasteiger partial charge < -0.3 is 15.1 Å². The zero-order valence-electron chi connectivity index (χ0n) is 18.3. The Morgan fingerprint density at radius 3 is 2.45 bits per heavy atom. The number of hydrogen-bond donors (Lipinski definition) is 1. The molecule has 2 fully saturated rings. The highest BCUT2D eigenvalue weighted by atomic mass is 127. The van der Waals surface area contributed by atoms with Gasteiger partial charge in [-0.1, -0.05) is 54.6 Å². The summed E-state index contributed by atoms with van der Waals surface area (Å²) in [6.07, 6.45) is 4.03. The van der Waals surface area contributed by atoms with Gasteiger partial charge in [-0.25, -0.2) is 0 Å². The van der Waals surface area contributed by atoms with Crippen molar-refractivity contribution in [1.82, 2.24) is 15.1 Å². The lowest BCUT2D eigenvalue weighted by molar-refractivity contribution is -0.128. The first-order valence-electron chi connectivity index (χ1n) is 11.1. The van der Waals surface area contributed by atoms with Gasteiger partial charge >= 0.3 is 0 Å². The number of carbonyl (C=O) groups is 1. The van der Waals surface area contributed by atoms with Crippen LogP contribution in [-0.4, -0.2) is 48.3 Å². The molecule has 2 aliphatic rings. The highest BCUT2D eigenvalue weighted by Crippen LogP contribution is 2.21. The first-order valence-corrected chi connectivity index (χ1v) is 11.1. The van der Waals surface area contributed by atoms with Crippen LogP contribution in [0.4, 0.5) is 0 Å². The van der Waals surface area contributed by atoms with Gasteiger partial charge in [-0.05, 0) is 41.9 Å². The molecule has 1 amide bonds. The Labute approximate surface area is 202 Å². The summed E-state index contributed by atoms with van der Waals surface area (Å²) >= 11 is 0. The molecule has 4 rings (SSSR count). The molecule has 0 bridgehead atoms. The Hall–Kier alpha value is -2.09. The van der Waals surface area contributed by atoms with Crippen LogP contribution in [0.15, 0.2) is 59.6 Å². The summed E-state index contributed by atoms with van der Waals surface area (Å²) in [6.45, 7) is 4.48. The van der Waals surface area contributed by atoms with Gasteiger partial charge in [0.1, 0.15) is 0 Å². The van der Waals surface area contributed by atoms with Gasteiger partial charge in [0.15, 0.2) is 5.96 Å². The van der Waals surface area contributed by atoms with Crippen LogP contribution in [0.3, 0.4) is 0 Å². The van der Waals surface area contributed by atoms with E-state index in [0.29, 0.717) is 12.3 Å². The van der Waals surface area contributed by atoms with E-state index in [2.05, 4.69) is 69.8 Å². The number of rotatable bonds is 6. The van der Waals surface area contributed by atoms with E-state index >= 15 is 0 Å². The van der Waals surface area contributed by atoms with Gasteiger partial charge in [0, 0.05) is 46.2 Å². The van der Waals surface area contributed by atoms with Crippen LogP contribution in [0.25, 0.3) is 0 Å². The van der Waals surface area contributed by atoms with E-state index in [-0.39, 0.29) is 29.9 Å². The molecule has 0 aliphatic carbocycles. The molecular formula is C25H33IN4O. The maximum absolute atomic E-state index is 11.8. The Morgan fingerprint density at radius 1 is 1.03 bits per heavy atom. The molecule has 166 valence electrons. The molecule has 0 radical (unpaired) electrons. The van der Waals surface area contributed by atoms with Crippen LogP contribution in [0, 0.1) is 5.92 Å². The lowest BCUT2D eigenvalue weighted by Gasteiger charge is -2.22. The first-order chi connectivity index (χ1) is 14.7. The molecule has 6 heteroatoms. The van der Waals surface area contributed by atoms with E-state index in [4.69, 9.17) is 0 Å². The molecule has 0 aromatic heterocycles. The number of amides is 1. The number of guanidine groups is 1. The third-order valence-corrected chi connectivity index (χ3v) is 6.18. The zero-order chi connectivity index (χ0) is 20.8. The van der Waals surface area contributed by atoms with Crippen molar-refractivity contribution in [3.63, 3.8) is 0 Å². The average molecular weight is 532 g/mol. The van der Waals surface area contributed by atoms with Crippen molar-refractivity contribution in [2.45, 2.75) is 38.8 Å². The summed E-state index contributed by atoms with van der Waals surface area (Å²) in [5, 5.41) is 3.52. The maximum Gasteiger partial charge on any atom is 0.222 e. The van der Waals surface area contributed by atoms with Crippen molar-refractivity contribution in [2.24, 2.45) is 10.9 Å². The molecule has 1 unspecified atom stereocenters. The van der Waals surface area contributed by atoms with Gasteiger partial charge in [-0.3, -0.25) is 9.79 Å². The molecule has 0 spiro atoms. The second-order valence-electron chi connectivity index (χ2n) is 8.43. The molecule has 2 aromatic rings. The maximum atomic E-state index is 11.8. The van der Waals surface area contributed by atoms with Gasteiger partial charge in [0.05, 0.1) is 0 Å². The molecule has 2 aromatic carbocycles. The number of carbonyl (C=O) groups excluding carboxylic acids is 1. The number of aliphatic imine (C=N–C) groups is 1. The third-order valence-electron chi connectivity index (χ3n) is 6.18. The number of likely N-dealkylation sites (tertiary alicyclic amines) is 2. The fourth-order valence-corrected chi connectivity index (χ4v) is 4.51. The number of benzene rings is 2. The number of nitrogens with one attached hydrogen (secondary N) is 1. The lowest BCUT2D eigenvalue weighted by atomic mass is 9.99. The number of nitrogens with zero attached hydrogens (tertiary/aromatic N) is 3. The van der Waals surface area contributed by atoms with E-state index in [9.17, 15) is 4.79 Å². The standard InChI is InChI=1S/C25H32N4O.HI/c1-26-25(29-15-13-23(19-29)16-20-6-3-2-4-7-20)27-17-21-9-11-22(12-10-21)18-28-14-5-8-24(28)30;/h2-4,6-7,9-12,23H,5,8,13-19H2,1H3,(H,26,27);1H. The third kappa shape index (κ3) is 6.45. The summed E-state index contributed by atoms with van der Waals surface area (Å²) in [5.74, 6) is 1.94. The van der Waals surface area contributed by atoms with Crippen molar-refractivity contribution in [3.05, 3.63) is 71.3 Å². The highest BCUT2D eigenvalue weighted by Gasteiger charge is 2.25. The van der Waals surface area contributed by atoms with Crippen molar-refractivity contribution >= 4 is 35.8 Å². The van der Waals surface area contributed by atoms with Gasteiger partial charge in [-0.15, -0.1) is 24.0 Å². The minimum absolute atomic E-state index is 0. The second kappa shape index (κ2) is 11.5. The SMILES string of the molecule is CN=C(NCc1ccc(CN2CCCC2=O)cc1)N1CCC(Cc2ccccc2)C1.I. The van der Waals surface area contributed by atoms with E-state index in [0.717, 1.165) is 51.5 Å². The quantitative estimate of drug-likeness (QED) is 0.347. The molecule has 5 nitrogen and oxygen atoms in total. The molecule has 1 atom stereocenters. The molecule has 2 heterocycles. The molecule has 2 aliphatic heterocycles. The van der Waals surface area contributed by atoms with Crippen LogP contribution in [0.5, 0.6) is 0 Å². The predicted molar refractivity (Wildman–Crippen MR) is 137 cm³/mol. The molecule has 2 saturated heterocycles.